The van der Waals surface area contributed by atoms with Crippen LogP contribution in [0, 0.1) is 0 Å². The molecule has 1 aliphatic heterocycles. The van der Waals surface area contributed by atoms with Gasteiger partial charge in [0.2, 0.25) is 5.91 Å². The van der Waals surface area contributed by atoms with Crippen LogP contribution in [0.5, 0.6) is 5.75 Å². The van der Waals surface area contributed by atoms with E-state index in [1.165, 1.54) is 0 Å². The number of carbonyl (C=O) groups excluding carboxylic acids is 1. The predicted octanol–water partition coefficient (Wildman–Crippen LogP) is 0.738. The Bertz CT molecular complexity index is 649. The van der Waals surface area contributed by atoms with Crippen LogP contribution in [0.4, 0.5) is 0 Å². The predicted molar refractivity (Wildman–Crippen MR) is 89.8 cm³/mol. The van der Waals surface area contributed by atoms with E-state index in [-0.39, 0.29) is 23.8 Å². The Morgan fingerprint density at radius 2 is 2.04 bits per heavy atom. The molecule has 1 N–H and O–H groups in total. The van der Waals surface area contributed by atoms with Gasteiger partial charge in [0, 0.05) is 36.8 Å². The molecule has 128 valence electrons. The molecule has 23 heavy (non-hydrogen) atoms. The van der Waals surface area contributed by atoms with Crippen LogP contribution in [0.15, 0.2) is 18.2 Å². The lowest BCUT2D eigenvalue weighted by Gasteiger charge is -2.26. The van der Waals surface area contributed by atoms with E-state index in [0.29, 0.717) is 37.0 Å². The summed E-state index contributed by atoms with van der Waals surface area (Å²) in [5, 5.41) is 3.40. The van der Waals surface area contributed by atoms with Gasteiger partial charge in [0.1, 0.15) is 5.75 Å². The highest BCUT2D eigenvalue weighted by Crippen LogP contribution is 2.22. The maximum atomic E-state index is 12.0. The summed E-state index contributed by atoms with van der Waals surface area (Å²) >= 11 is 5.94. The van der Waals surface area contributed by atoms with E-state index < -0.39 is 9.84 Å². The molecular formula is C15H21ClN2O4S. The van der Waals surface area contributed by atoms with E-state index >= 15 is 0 Å². The molecule has 1 aliphatic rings. The van der Waals surface area contributed by atoms with Gasteiger partial charge in [-0.15, -0.1) is 0 Å². The van der Waals surface area contributed by atoms with Crippen molar-refractivity contribution in [2.45, 2.75) is 6.42 Å². The Morgan fingerprint density at radius 1 is 1.35 bits per heavy atom. The Morgan fingerprint density at radius 3 is 2.70 bits per heavy atom. The Balaban J connectivity index is 1.77. The van der Waals surface area contributed by atoms with Crippen LogP contribution < -0.4 is 10.1 Å². The summed E-state index contributed by atoms with van der Waals surface area (Å²) in [4.78, 5) is 14.1. The van der Waals surface area contributed by atoms with Crippen LogP contribution in [-0.4, -0.2) is 64.0 Å². The maximum Gasteiger partial charge on any atom is 0.224 e. The first-order chi connectivity index (χ1) is 10.9. The number of sulfone groups is 1. The molecule has 0 spiro atoms. The fourth-order valence-corrected chi connectivity index (χ4v) is 3.92. The van der Waals surface area contributed by atoms with Crippen molar-refractivity contribution in [1.29, 1.82) is 0 Å². The van der Waals surface area contributed by atoms with Crippen LogP contribution in [-0.2, 0) is 21.1 Å². The van der Waals surface area contributed by atoms with Crippen molar-refractivity contribution in [1.82, 2.24) is 10.2 Å². The minimum atomic E-state index is -2.86. The quantitative estimate of drug-likeness (QED) is 0.809. The zero-order valence-electron chi connectivity index (χ0n) is 13.0. The summed E-state index contributed by atoms with van der Waals surface area (Å²) in [7, 11) is -1.31. The van der Waals surface area contributed by atoms with Crippen LogP contribution in [0.2, 0.25) is 5.02 Å². The number of ether oxygens (including phenoxy) is 1. The maximum absolute atomic E-state index is 12.0. The Labute approximate surface area is 141 Å². The SMILES string of the molecule is COc1ccc(Cl)cc1CC(=O)NCCN1CCS(=O)(=O)CC1. The van der Waals surface area contributed by atoms with Gasteiger partial charge in [-0.25, -0.2) is 8.42 Å². The van der Waals surface area contributed by atoms with Gasteiger partial charge in [0.25, 0.3) is 0 Å². The largest absolute Gasteiger partial charge is 0.496 e. The molecule has 0 bridgehead atoms. The van der Waals surface area contributed by atoms with Crippen molar-refractivity contribution in [2.24, 2.45) is 0 Å². The van der Waals surface area contributed by atoms with Crippen LogP contribution in [0.1, 0.15) is 5.56 Å². The lowest BCUT2D eigenvalue weighted by Crippen LogP contribution is -2.44. The number of amides is 1. The third-order valence-electron chi connectivity index (χ3n) is 3.78. The second-order valence-corrected chi connectivity index (χ2v) is 8.22. The Kier molecular flexibility index (Phi) is 6.26. The van der Waals surface area contributed by atoms with Gasteiger partial charge in [-0.2, -0.15) is 0 Å². The first kappa shape index (κ1) is 18.0. The second kappa shape index (κ2) is 7.99. The summed E-state index contributed by atoms with van der Waals surface area (Å²) in [5.74, 6) is 0.905. The van der Waals surface area contributed by atoms with Crippen molar-refractivity contribution >= 4 is 27.3 Å². The molecule has 0 atom stereocenters. The van der Waals surface area contributed by atoms with E-state index in [9.17, 15) is 13.2 Å². The lowest BCUT2D eigenvalue weighted by atomic mass is 10.1. The van der Waals surface area contributed by atoms with Crippen LogP contribution in [0.25, 0.3) is 0 Å². The standard InChI is InChI=1S/C15H21ClN2O4S/c1-22-14-3-2-13(16)10-12(14)11-15(19)17-4-5-18-6-8-23(20,21)9-7-18/h2-3,10H,4-9,11H2,1H3,(H,17,19). The van der Waals surface area contributed by atoms with Gasteiger partial charge >= 0.3 is 0 Å². The zero-order valence-corrected chi connectivity index (χ0v) is 14.6. The molecule has 0 aliphatic carbocycles. The molecule has 1 fully saturated rings. The molecule has 0 aromatic heterocycles. The molecule has 0 saturated carbocycles. The molecule has 1 aromatic carbocycles. The van der Waals surface area contributed by atoms with Crippen molar-refractivity contribution in [2.75, 3.05) is 44.8 Å². The van der Waals surface area contributed by atoms with Crippen molar-refractivity contribution in [3.63, 3.8) is 0 Å². The fourth-order valence-electron chi connectivity index (χ4n) is 2.45. The van der Waals surface area contributed by atoms with Crippen LogP contribution in [0.3, 0.4) is 0 Å². The number of hydrogen-bond acceptors (Lipinski definition) is 5. The molecule has 0 radical (unpaired) electrons. The van der Waals surface area contributed by atoms with E-state index in [1.807, 2.05) is 4.90 Å². The van der Waals surface area contributed by atoms with E-state index in [0.717, 1.165) is 5.56 Å². The number of carbonyl (C=O) groups is 1. The number of hydrogen-bond donors (Lipinski definition) is 1. The molecule has 0 unspecified atom stereocenters. The zero-order chi connectivity index (χ0) is 16.9. The average molecular weight is 361 g/mol. The van der Waals surface area contributed by atoms with Gasteiger partial charge < -0.3 is 10.1 Å². The Hall–Kier alpha value is -1.31. The number of nitrogens with zero attached hydrogens (tertiary/aromatic N) is 1. The first-order valence-corrected chi connectivity index (χ1v) is 9.61. The van der Waals surface area contributed by atoms with E-state index in [1.54, 1.807) is 25.3 Å². The van der Waals surface area contributed by atoms with Gasteiger partial charge in [-0.1, -0.05) is 11.6 Å². The van der Waals surface area contributed by atoms with Crippen molar-refractivity contribution in [3.05, 3.63) is 28.8 Å². The van der Waals surface area contributed by atoms with Gasteiger partial charge in [-0.05, 0) is 18.2 Å². The van der Waals surface area contributed by atoms with Crippen molar-refractivity contribution in [3.8, 4) is 5.75 Å². The fraction of sp³-hybridized carbons (Fsp3) is 0.533. The van der Waals surface area contributed by atoms with E-state index in [4.69, 9.17) is 16.3 Å². The molecule has 1 saturated heterocycles. The topological polar surface area (TPSA) is 75.7 Å². The smallest absolute Gasteiger partial charge is 0.224 e. The summed E-state index contributed by atoms with van der Waals surface area (Å²) in [6.07, 6.45) is 0.193. The van der Waals surface area contributed by atoms with Crippen molar-refractivity contribution < 1.29 is 17.9 Å². The van der Waals surface area contributed by atoms with Gasteiger partial charge in [0.05, 0.1) is 25.0 Å². The minimum absolute atomic E-state index is 0.116. The third-order valence-corrected chi connectivity index (χ3v) is 5.62. The van der Waals surface area contributed by atoms with Gasteiger partial charge in [0.15, 0.2) is 9.84 Å². The summed E-state index contributed by atoms with van der Waals surface area (Å²) in [6, 6.07) is 5.17. The summed E-state index contributed by atoms with van der Waals surface area (Å²) in [5.41, 5.74) is 0.738. The summed E-state index contributed by atoms with van der Waals surface area (Å²) in [6.45, 7) is 2.19. The minimum Gasteiger partial charge on any atom is -0.496 e. The first-order valence-electron chi connectivity index (χ1n) is 7.41. The number of nitrogens with one attached hydrogen (secondary N) is 1. The molecule has 1 aromatic rings. The molecular weight excluding hydrogens is 340 g/mol. The number of methoxy groups -OCH3 is 1. The number of benzene rings is 1. The molecule has 1 amide bonds. The number of rotatable bonds is 6. The highest BCUT2D eigenvalue weighted by atomic mass is 35.5. The third kappa shape index (κ3) is 5.67. The molecule has 8 heteroatoms. The lowest BCUT2D eigenvalue weighted by molar-refractivity contribution is -0.120. The normalized spacial score (nSPS) is 17.7. The van der Waals surface area contributed by atoms with Crippen LogP contribution >= 0.6 is 11.6 Å². The number of halogens is 1. The highest BCUT2D eigenvalue weighted by Gasteiger charge is 2.21. The monoisotopic (exact) mass is 360 g/mol. The average Bonchev–Trinajstić information content (AvgIpc) is 2.49. The highest BCUT2D eigenvalue weighted by molar-refractivity contribution is 7.91. The molecule has 6 nitrogen and oxygen atoms in total. The summed E-state index contributed by atoms with van der Waals surface area (Å²) < 4.78 is 27.9. The second-order valence-electron chi connectivity index (χ2n) is 5.48. The van der Waals surface area contributed by atoms with Gasteiger partial charge in [-0.3, -0.25) is 9.69 Å². The van der Waals surface area contributed by atoms with E-state index in [2.05, 4.69) is 5.32 Å². The molecule has 1 heterocycles. The molecule has 2 rings (SSSR count).